The summed E-state index contributed by atoms with van der Waals surface area (Å²) in [5.74, 6) is 0. The molecule has 0 aliphatic carbocycles. The molecule has 1 aromatic carbocycles. The first-order chi connectivity index (χ1) is 6.77. The van der Waals surface area contributed by atoms with Crippen molar-refractivity contribution >= 4 is 34.2 Å². The van der Waals surface area contributed by atoms with Crippen molar-refractivity contribution in [1.82, 2.24) is 4.98 Å². The van der Waals surface area contributed by atoms with Crippen molar-refractivity contribution in [2.24, 2.45) is 0 Å². The molecule has 0 N–H and O–H groups in total. The highest BCUT2D eigenvalue weighted by Gasteiger charge is 2.03. The van der Waals surface area contributed by atoms with Gasteiger partial charge in [0.25, 0.3) is 0 Å². The van der Waals surface area contributed by atoms with E-state index in [4.69, 9.17) is 11.6 Å². The molecule has 0 amide bonds. The van der Waals surface area contributed by atoms with Crippen LogP contribution in [0.5, 0.6) is 0 Å². The number of aromatic nitrogens is 1. The number of hydrogen-bond donors (Lipinski definition) is 0. The molecule has 70 valence electrons. The number of pyridine rings is 1. The van der Waals surface area contributed by atoms with Crippen molar-refractivity contribution in [1.29, 1.82) is 0 Å². The Labute approximate surface area is 101 Å². The Kier molecular flexibility index (Phi) is 3.03. The predicted molar refractivity (Wildman–Crippen MR) is 67.4 cm³/mol. The van der Waals surface area contributed by atoms with Crippen molar-refractivity contribution in [2.45, 2.75) is 0 Å². The van der Waals surface area contributed by atoms with Crippen LogP contribution in [0.1, 0.15) is 0 Å². The van der Waals surface area contributed by atoms with E-state index >= 15 is 0 Å². The molecular weight excluding hydrogens is 308 g/mol. The van der Waals surface area contributed by atoms with Gasteiger partial charge in [0.1, 0.15) is 3.70 Å². The van der Waals surface area contributed by atoms with Crippen LogP contribution in [0.3, 0.4) is 0 Å². The third-order valence-corrected chi connectivity index (χ3v) is 2.96. The van der Waals surface area contributed by atoms with Gasteiger partial charge in [0, 0.05) is 11.8 Å². The van der Waals surface area contributed by atoms with Crippen LogP contribution in [0.2, 0.25) is 5.02 Å². The van der Waals surface area contributed by atoms with Crippen molar-refractivity contribution in [2.75, 3.05) is 0 Å². The van der Waals surface area contributed by atoms with Gasteiger partial charge in [-0.05, 0) is 34.2 Å². The number of hydrogen-bond acceptors (Lipinski definition) is 1. The molecule has 0 radical (unpaired) electrons. The van der Waals surface area contributed by atoms with Gasteiger partial charge >= 0.3 is 0 Å². The number of benzene rings is 1. The topological polar surface area (TPSA) is 12.9 Å². The second kappa shape index (κ2) is 4.28. The van der Waals surface area contributed by atoms with Gasteiger partial charge in [-0.1, -0.05) is 41.9 Å². The van der Waals surface area contributed by atoms with Gasteiger partial charge < -0.3 is 0 Å². The standard InChI is InChI=1S/C11H7ClIN/c12-9-6-10(11(13)14-7-9)8-4-2-1-3-5-8/h1-7H. The van der Waals surface area contributed by atoms with E-state index in [1.807, 2.05) is 24.3 Å². The molecule has 1 nitrogen and oxygen atoms in total. The van der Waals surface area contributed by atoms with Crippen LogP contribution in [0, 0.1) is 3.70 Å². The van der Waals surface area contributed by atoms with E-state index in [0.717, 1.165) is 14.8 Å². The fraction of sp³-hybridized carbons (Fsp3) is 0. The van der Waals surface area contributed by atoms with Crippen LogP contribution < -0.4 is 0 Å². The largest absolute Gasteiger partial charge is 0.248 e. The molecule has 1 aromatic heterocycles. The Morgan fingerprint density at radius 2 is 1.86 bits per heavy atom. The van der Waals surface area contributed by atoms with E-state index in [0.29, 0.717) is 5.02 Å². The molecule has 0 saturated heterocycles. The maximum Gasteiger partial charge on any atom is 0.109 e. The lowest BCUT2D eigenvalue weighted by molar-refractivity contribution is 1.27. The lowest BCUT2D eigenvalue weighted by atomic mass is 10.1. The second-order valence-electron chi connectivity index (χ2n) is 2.86. The molecule has 0 unspecified atom stereocenters. The monoisotopic (exact) mass is 315 g/mol. The van der Waals surface area contributed by atoms with Crippen molar-refractivity contribution in [3.8, 4) is 11.1 Å². The Balaban J connectivity index is 2.57. The molecule has 0 bridgehead atoms. The van der Waals surface area contributed by atoms with Gasteiger partial charge in [0.05, 0.1) is 5.02 Å². The highest BCUT2D eigenvalue weighted by molar-refractivity contribution is 14.1. The fourth-order valence-electron chi connectivity index (χ4n) is 1.24. The molecule has 0 aliphatic rings. The zero-order valence-corrected chi connectivity index (χ0v) is 10.2. The number of halogens is 2. The third-order valence-electron chi connectivity index (χ3n) is 1.89. The first-order valence-electron chi connectivity index (χ1n) is 4.14. The number of rotatable bonds is 1. The zero-order chi connectivity index (χ0) is 9.97. The van der Waals surface area contributed by atoms with Crippen molar-refractivity contribution < 1.29 is 0 Å². The van der Waals surface area contributed by atoms with Crippen molar-refractivity contribution in [3.63, 3.8) is 0 Å². The lowest BCUT2D eigenvalue weighted by Gasteiger charge is -2.03. The van der Waals surface area contributed by atoms with Gasteiger partial charge in [-0.25, -0.2) is 4.98 Å². The van der Waals surface area contributed by atoms with Crippen LogP contribution in [0.4, 0.5) is 0 Å². The number of nitrogens with zero attached hydrogens (tertiary/aromatic N) is 1. The summed E-state index contributed by atoms with van der Waals surface area (Å²) in [7, 11) is 0. The normalized spacial score (nSPS) is 10.1. The minimum atomic E-state index is 0.671. The maximum atomic E-state index is 5.90. The summed E-state index contributed by atoms with van der Waals surface area (Å²) in [5, 5.41) is 0.671. The fourth-order valence-corrected chi connectivity index (χ4v) is 2.01. The van der Waals surface area contributed by atoms with Crippen LogP contribution >= 0.6 is 34.2 Å². The molecule has 0 saturated carbocycles. The van der Waals surface area contributed by atoms with E-state index in [1.54, 1.807) is 6.20 Å². The minimum Gasteiger partial charge on any atom is -0.248 e. The Morgan fingerprint density at radius 1 is 1.14 bits per heavy atom. The Bertz CT molecular complexity index is 442. The van der Waals surface area contributed by atoms with Crippen molar-refractivity contribution in [3.05, 3.63) is 51.3 Å². The highest BCUT2D eigenvalue weighted by Crippen LogP contribution is 2.25. The molecule has 0 spiro atoms. The van der Waals surface area contributed by atoms with Crippen LogP contribution in [0.15, 0.2) is 42.6 Å². The summed E-state index contributed by atoms with van der Waals surface area (Å²) in [6.45, 7) is 0. The quantitative estimate of drug-likeness (QED) is 0.572. The second-order valence-corrected chi connectivity index (χ2v) is 4.32. The van der Waals surface area contributed by atoms with E-state index in [2.05, 4.69) is 39.7 Å². The molecule has 2 rings (SSSR count). The Morgan fingerprint density at radius 3 is 2.57 bits per heavy atom. The van der Waals surface area contributed by atoms with Gasteiger partial charge in [0.2, 0.25) is 0 Å². The lowest BCUT2D eigenvalue weighted by Crippen LogP contribution is -1.86. The van der Waals surface area contributed by atoms with E-state index in [1.165, 1.54) is 0 Å². The summed E-state index contributed by atoms with van der Waals surface area (Å²) in [6, 6.07) is 12.0. The zero-order valence-electron chi connectivity index (χ0n) is 7.24. The predicted octanol–water partition coefficient (Wildman–Crippen LogP) is 4.01. The molecule has 1 heterocycles. The minimum absolute atomic E-state index is 0.671. The van der Waals surface area contributed by atoms with Gasteiger partial charge in [-0.15, -0.1) is 0 Å². The first-order valence-corrected chi connectivity index (χ1v) is 5.59. The van der Waals surface area contributed by atoms with Crippen LogP contribution in [0.25, 0.3) is 11.1 Å². The molecule has 3 heteroatoms. The Hall–Kier alpha value is -0.610. The third kappa shape index (κ3) is 2.07. The molecule has 0 aliphatic heterocycles. The summed E-state index contributed by atoms with van der Waals surface area (Å²) >= 11 is 8.11. The maximum absolute atomic E-state index is 5.90. The van der Waals surface area contributed by atoms with E-state index < -0.39 is 0 Å². The summed E-state index contributed by atoms with van der Waals surface area (Å²) < 4.78 is 0.971. The van der Waals surface area contributed by atoms with E-state index in [-0.39, 0.29) is 0 Å². The average Bonchev–Trinajstić information content (AvgIpc) is 2.23. The average molecular weight is 316 g/mol. The molecule has 0 atom stereocenters. The summed E-state index contributed by atoms with van der Waals surface area (Å²) in [6.07, 6.45) is 1.66. The molecule has 14 heavy (non-hydrogen) atoms. The molecule has 0 fully saturated rings. The molecule has 2 aromatic rings. The van der Waals surface area contributed by atoms with Gasteiger partial charge in [0.15, 0.2) is 0 Å². The summed E-state index contributed by atoms with van der Waals surface area (Å²) in [5.41, 5.74) is 2.23. The van der Waals surface area contributed by atoms with Gasteiger partial charge in [-0.2, -0.15) is 0 Å². The van der Waals surface area contributed by atoms with Crippen LogP contribution in [-0.4, -0.2) is 4.98 Å². The smallest absolute Gasteiger partial charge is 0.109 e. The summed E-state index contributed by atoms with van der Waals surface area (Å²) in [4.78, 5) is 4.21. The van der Waals surface area contributed by atoms with E-state index in [9.17, 15) is 0 Å². The highest BCUT2D eigenvalue weighted by atomic mass is 127. The SMILES string of the molecule is Clc1cnc(I)c(-c2ccccc2)c1. The first kappa shape index (κ1) is 9.93. The molecular formula is C11H7ClIN. The van der Waals surface area contributed by atoms with Crippen LogP contribution in [-0.2, 0) is 0 Å². The van der Waals surface area contributed by atoms with Gasteiger partial charge in [-0.3, -0.25) is 0 Å².